The van der Waals surface area contributed by atoms with Gasteiger partial charge in [-0.05, 0) is 41.5 Å². The summed E-state index contributed by atoms with van der Waals surface area (Å²) >= 11 is 0. The zero-order valence-corrected chi connectivity index (χ0v) is 18.5. The quantitative estimate of drug-likeness (QED) is 0.583. The lowest BCUT2D eigenvalue weighted by atomic mass is 10.0. The number of hydrogen-bond acceptors (Lipinski definition) is 4. The number of benzene rings is 2. The molecule has 1 aromatic heterocycles. The predicted molar refractivity (Wildman–Crippen MR) is 121 cm³/mol. The van der Waals surface area contributed by atoms with Crippen molar-refractivity contribution < 1.29 is 23.2 Å². The number of halogens is 1. The molecule has 0 aliphatic carbocycles. The number of hydrogen-bond donors (Lipinski definition) is 0. The van der Waals surface area contributed by atoms with Gasteiger partial charge in [0.15, 0.2) is 5.76 Å². The Morgan fingerprint density at radius 3 is 2.29 bits per heavy atom. The van der Waals surface area contributed by atoms with Gasteiger partial charge in [0, 0.05) is 38.3 Å². The average molecular weight is 461 g/mol. The Hall–Kier alpha value is -3.94. The molecular formula is C26H24FN3O4. The molecule has 2 aliphatic rings. The molecule has 0 saturated carbocycles. The van der Waals surface area contributed by atoms with Crippen molar-refractivity contribution in [1.29, 1.82) is 0 Å². The van der Waals surface area contributed by atoms with Gasteiger partial charge in [0.05, 0.1) is 18.7 Å². The highest BCUT2D eigenvalue weighted by molar-refractivity contribution is 5.99. The van der Waals surface area contributed by atoms with Crippen LogP contribution >= 0.6 is 0 Å². The Balaban J connectivity index is 1.30. The molecule has 5 rings (SSSR count). The summed E-state index contributed by atoms with van der Waals surface area (Å²) in [6, 6.07) is 16.1. The molecule has 0 radical (unpaired) electrons. The highest BCUT2D eigenvalue weighted by Gasteiger charge is 2.36. The molecule has 2 aliphatic heterocycles. The second kappa shape index (κ2) is 9.13. The largest absolute Gasteiger partial charge is 0.459 e. The van der Waals surface area contributed by atoms with Crippen LogP contribution in [0.3, 0.4) is 0 Å². The lowest BCUT2D eigenvalue weighted by molar-refractivity contribution is -0.133. The molecular weight excluding hydrogens is 437 g/mol. The van der Waals surface area contributed by atoms with E-state index in [-0.39, 0.29) is 35.7 Å². The van der Waals surface area contributed by atoms with Crippen LogP contribution in [0.15, 0.2) is 71.3 Å². The molecule has 1 atom stereocenters. The van der Waals surface area contributed by atoms with Crippen molar-refractivity contribution in [2.75, 3.05) is 26.2 Å². The third-order valence-electron chi connectivity index (χ3n) is 6.50. The molecule has 174 valence electrons. The summed E-state index contributed by atoms with van der Waals surface area (Å²) in [4.78, 5) is 44.0. The van der Waals surface area contributed by atoms with E-state index in [2.05, 4.69) is 0 Å². The fourth-order valence-corrected chi connectivity index (χ4v) is 4.63. The van der Waals surface area contributed by atoms with Gasteiger partial charge in [-0.15, -0.1) is 0 Å². The fourth-order valence-electron chi connectivity index (χ4n) is 4.63. The summed E-state index contributed by atoms with van der Waals surface area (Å²) in [5.74, 6) is -0.526. The van der Waals surface area contributed by atoms with Crippen molar-refractivity contribution in [3.63, 3.8) is 0 Å². The van der Waals surface area contributed by atoms with Crippen LogP contribution in [0.25, 0.3) is 0 Å². The maximum Gasteiger partial charge on any atom is 0.289 e. The van der Waals surface area contributed by atoms with Crippen molar-refractivity contribution in [2.24, 2.45) is 0 Å². The summed E-state index contributed by atoms with van der Waals surface area (Å²) in [6.45, 7) is 2.00. The van der Waals surface area contributed by atoms with Gasteiger partial charge in [0.2, 0.25) is 5.91 Å². The molecule has 0 N–H and O–H groups in total. The highest BCUT2D eigenvalue weighted by Crippen LogP contribution is 2.34. The van der Waals surface area contributed by atoms with Crippen LogP contribution in [0.2, 0.25) is 0 Å². The molecule has 1 saturated heterocycles. The van der Waals surface area contributed by atoms with E-state index in [9.17, 15) is 18.8 Å². The third-order valence-corrected chi connectivity index (χ3v) is 6.50. The van der Waals surface area contributed by atoms with Gasteiger partial charge < -0.3 is 19.1 Å². The molecule has 7 nitrogen and oxygen atoms in total. The summed E-state index contributed by atoms with van der Waals surface area (Å²) in [5, 5.41) is 0. The minimum Gasteiger partial charge on any atom is -0.459 e. The van der Waals surface area contributed by atoms with E-state index < -0.39 is 6.04 Å². The number of amides is 3. The molecule has 3 amide bonds. The first kappa shape index (κ1) is 21.9. The molecule has 0 unspecified atom stereocenters. The van der Waals surface area contributed by atoms with E-state index >= 15 is 0 Å². The van der Waals surface area contributed by atoms with Gasteiger partial charge in [-0.25, -0.2) is 4.39 Å². The van der Waals surface area contributed by atoms with Gasteiger partial charge >= 0.3 is 0 Å². The van der Waals surface area contributed by atoms with Gasteiger partial charge in [-0.1, -0.05) is 30.3 Å². The zero-order valence-electron chi connectivity index (χ0n) is 18.5. The number of carbonyl (C=O) groups excluding carboxylic acids is 3. The van der Waals surface area contributed by atoms with Gasteiger partial charge in [0.1, 0.15) is 5.82 Å². The van der Waals surface area contributed by atoms with E-state index in [0.29, 0.717) is 43.9 Å². The number of fused-ring (bicyclic) bond motifs is 1. The van der Waals surface area contributed by atoms with Crippen LogP contribution in [-0.4, -0.2) is 58.6 Å². The lowest BCUT2D eigenvalue weighted by Gasteiger charge is -2.36. The monoisotopic (exact) mass is 461 g/mol. The Morgan fingerprint density at radius 2 is 1.62 bits per heavy atom. The smallest absolute Gasteiger partial charge is 0.289 e. The first-order chi connectivity index (χ1) is 16.5. The molecule has 3 aromatic rings. The fraction of sp³-hybridized carbons (Fsp3) is 0.269. The first-order valence-corrected chi connectivity index (χ1v) is 11.3. The molecule has 34 heavy (non-hydrogen) atoms. The Bertz CT molecular complexity index is 1200. The minimum atomic E-state index is -0.518. The lowest BCUT2D eigenvalue weighted by Crippen LogP contribution is -2.51. The van der Waals surface area contributed by atoms with Crippen LogP contribution < -0.4 is 0 Å². The number of carbonyl (C=O) groups is 3. The Labute approximate surface area is 196 Å². The van der Waals surface area contributed by atoms with Gasteiger partial charge in [0.25, 0.3) is 11.8 Å². The summed E-state index contributed by atoms with van der Waals surface area (Å²) in [5.41, 5.74) is 2.26. The summed E-state index contributed by atoms with van der Waals surface area (Å²) in [6.07, 6.45) is 1.54. The van der Waals surface area contributed by atoms with Crippen LogP contribution in [-0.2, 0) is 11.3 Å². The van der Waals surface area contributed by atoms with E-state index in [1.165, 1.54) is 18.4 Å². The van der Waals surface area contributed by atoms with Crippen LogP contribution in [0.4, 0.5) is 4.39 Å². The second-order valence-corrected chi connectivity index (χ2v) is 8.51. The van der Waals surface area contributed by atoms with Gasteiger partial charge in [-0.3, -0.25) is 14.4 Å². The molecule has 1 fully saturated rings. The van der Waals surface area contributed by atoms with Crippen molar-refractivity contribution in [1.82, 2.24) is 14.7 Å². The molecule has 0 bridgehead atoms. The van der Waals surface area contributed by atoms with Crippen LogP contribution in [0.1, 0.15) is 44.5 Å². The van der Waals surface area contributed by atoms with E-state index in [1.54, 1.807) is 45.0 Å². The standard InChI is InChI=1S/C26H24FN3O4/c27-20-9-7-18(8-10-20)22(30-17-19-4-1-2-5-21(19)25(30)32)16-24(31)28-11-13-29(14-12-28)26(33)23-6-3-15-34-23/h1-10,15,22H,11-14,16-17H2/t22-/m1/s1. The van der Waals surface area contributed by atoms with Crippen molar-refractivity contribution >= 4 is 17.7 Å². The molecule has 2 aromatic carbocycles. The van der Waals surface area contributed by atoms with Crippen molar-refractivity contribution in [3.05, 3.63) is 95.2 Å². The molecule has 0 spiro atoms. The van der Waals surface area contributed by atoms with Crippen LogP contribution in [0, 0.1) is 5.82 Å². The number of furan rings is 1. The zero-order chi connectivity index (χ0) is 23.7. The van der Waals surface area contributed by atoms with Gasteiger partial charge in [-0.2, -0.15) is 0 Å². The van der Waals surface area contributed by atoms with Crippen molar-refractivity contribution in [2.45, 2.75) is 19.0 Å². The van der Waals surface area contributed by atoms with E-state index in [1.807, 2.05) is 18.2 Å². The Morgan fingerprint density at radius 1 is 0.912 bits per heavy atom. The maximum atomic E-state index is 13.6. The van der Waals surface area contributed by atoms with Crippen molar-refractivity contribution in [3.8, 4) is 0 Å². The first-order valence-electron chi connectivity index (χ1n) is 11.3. The SMILES string of the molecule is O=C(C[C@H](c1ccc(F)cc1)N1Cc2ccccc2C1=O)N1CCN(C(=O)c2ccco2)CC1. The minimum absolute atomic E-state index is 0.0808. The highest BCUT2D eigenvalue weighted by atomic mass is 19.1. The van der Waals surface area contributed by atoms with E-state index in [4.69, 9.17) is 4.42 Å². The van der Waals surface area contributed by atoms with Crippen LogP contribution in [0.5, 0.6) is 0 Å². The predicted octanol–water partition coefficient (Wildman–Crippen LogP) is 3.49. The number of piperazine rings is 1. The summed E-state index contributed by atoms with van der Waals surface area (Å²) < 4.78 is 18.8. The average Bonchev–Trinajstić information content (AvgIpc) is 3.52. The third kappa shape index (κ3) is 4.19. The number of rotatable bonds is 5. The van der Waals surface area contributed by atoms with E-state index in [0.717, 1.165) is 5.56 Å². The second-order valence-electron chi connectivity index (χ2n) is 8.51. The number of nitrogens with zero attached hydrogens (tertiary/aromatic N) is 3. The normalized spacial score (nSPS) is 16.5. The Kier molecular flexibility index (Phi) is 5.88. The topological polar surface area (TPSA) is 74.1 Å². The maximum absolute atomic E-state index is 13.6. The molecule has 3 heterocycles. The summed E-state index contributed by atoms with van der Waals surface area (Å²) in [7, 11) is 0. The molecule has 8 heteroatoms.